The number of nitro benzene ring substituents is 2. The Labute approximate surface area is 447 Å². The summed E-state index contributed by atoms with van der Waals surface area (Å²) in [5, 5.41) is 22.6. The summed E-state index contributed by atoms with van der Waals surface area (Å²) in [5.41, 5.74) is -1.28. The average molecular weight is 1090 g/mol. The maximum atomic E-state index is 14.3. The van der Waals surface area contributed by atoms with Crippen molar-refractivity contribution in [1.29, 1.82) is 0 Å². The lowest BCUT2D eigenvalue weighted by molar-refractivity contribution is -0.385. The number of ether oxygens (including phenoxy) is 9. The molecule has 6 unspecified atom stereocenters. The number of non-ortho nitro benzene ring substituents is 2. The standard InChI is InChI=1S/C55H68N2O19S/c1-34-27-40(13-12-26-70-53(61)54(3,4)5)72-45(34)25-24-41-30-55(6,76-49(58)32-68-7)35(2)46(73-41)29-47-44(33-77(66,67)43-14-10-9-11-15-43)50(69-8)48(75-47)28-42(74-52(60)37-18-22-39(23-19-37)57(64)65)31-71-51(59)36-16-20-38(21-17-36)56(62)63/h9-11,14-23,40-42,44-48,50H,1-2,12-13,24-33H2,3-8H3/t40?,41?,42-,44-,45-,46?,47?,48?,50?,55+/m0/s1. The molecule has 3 fully saturated rings. The molecule has 418 valence electrons. The van der Waals surface area contributed by atoms with E-state index in [-0.39, 0.29) is 78.1 Å². The Morgan fingerprint density at radius 2 is 1.40 bits per heavy atom. The van der Waals surface area contributed by atoms with Crippen LogP contribution in [0.15, 0.2) is 108 Å². The summed E-state index contributed by atoms with van der Waals surface area (Å²) in [6, 6.07) is 17.1. The van der Waals surface area contributed by atoms with E-state index < -0.39 is 104 Å². The number of nitro groups is 2. The molecule has 22 heteroatoms. The second kappa shape index (κ2) is 26.3. The van der Waals surface area contributed by atoms with Crippen molar-refractivity contribution in [2.24, 2.45) is 11.3 Å². The maximum absolute atomic E-state index is 14.3. The van der Waals surface area contributed by atoms with Crippen LogP contribution in [-0.2, 0) is 62.1 Å². The first kappa shape index (κ1) is 59.8. The molecule has 3 aromatic rings. The fraction of sp³-hybridized carbons (Fsp3) is 0.527. The van der Waals surface area contributed by atoms with Crippen LogP contribution in [0.5, 0.6) is 0 Å². The van der Waals surface area contributed by atoms with Gasteiger partial charge in [0.1, 0.15) is 24.9 Å². The van der Waals surface area contributed by atoms with Crippen molar-refractivity contribution in [1.82, 2.24) is 0 Å². The molecule has 0 saturated carbocycles. The largest absolute Gasteiger partial charge is 0.465 e. The molecule has 3 aliphatic heterocycles. The minimum atomic E-state index is -4.05. The molecule has 77 heavy (non-hydrogen) atoms. The van der Waals surface area contributed by atoms with Gasteiger partial charge in [-0.1, -0.05) is 31.4 Å². The van der Waals surface area contributed by atoms with E-state index in [4.69, 9.17) is 42.6 Å². The maximum Gasteiger partial charge on any atom is 0.338 e. The molecule has 0 N–H and O–H groups in total. The first-order chi connectivity index (χ1) is 36.4. The molecule has 0 bridgehead atoms. The second-order valence-electron chi connectivity index (χ2n) is 20.7. The molecule has 3 heterocycles. The summed E-state index contributed by atoms with van der Waals surface area (Å²) in [6.07, 6.45) is -3.43. The van der Waals surface area contributed by atoms with Gasteiger partial charge in [-0.15, -0.1) is 0 Å². The fourth-order valence-electron chi connectivity index (χ4n) is 9.76. The fourth-order valence-corrected chi connectivity index (χ4v) is 11.4. The number of rotatable bonds is 25. The third-order valence-corrected chi connectivity index (χ3v) is 15.7. The van der Waals surface area contributed by atoms with E-state index in [1.54, 1.807) is 45.9 Å². The zero-order valence-electron chi connectivity index (χ0n) is 44.2. The zero-order valence-corrected chi connectivity index (χ0v) is 45.0. The predicted molar refractivity (Wildman–Crippen MR) is 276 cm³/mol. The number of nitrogens with zero attached hydrogens (tertiary/aromatic N) is 2. The molecular formula is C55H68N2O19S. The van der Waals surface area contributed by atoms with Crippen molar-refractivity contribution >= 4 is 45.1 Å². The highest BCUT2D eigenvalue weighted by atomic mass is 32.2. The van der Waals surface area contributed by atoms with Crippen LogP contribution >= 0.6 is 0 Å². The lowest BCUT2D eigenvalue weighted by Crippen LogP contribution is -2.50. The van der Waals surface area contributed by atoms with Crippen LogP contribution in [0.25, 0.3) is 0 Å². The van der Waals surface area contributed by atoms with Crippen molar-refractivity contribution in [3.63, 3.8) is 0 Å². The molecule has 3 aromatic carbocycles. The van der Waals surface area contributed by atoms with E-state index in [1.165, 1.54) is 50.6 Å². The van der Waals surface area contributed by atoms with Crippen LogP contribution in [0.4, 0.5) is 11.4 Å². The Balaban J connectivity index is 1.26. The zero-order chi connectivity index (χ0) is 56.2. The first-order valence-electron chi connectivity index (χ1n) is 25.3. The molecule has 0 aromatic heterocycles. The molecule has 0 aliphatic carbocycles. The first-order valence-corrected chi connectivity index (χ1v) is 27.0. The molecule has 3 aliphatic rings. The smallest absolute Gasteiger partial charge is 0.338 e. The number of methoxy groups -OCH3 is 2. The Bertz CT molecular complexity index is 2710. The van der Waals surface area contributed by atoms with E-state index in [0.29, 0.717) is 37.7 Å². The Kier molecular flexibility index (Phi) is 20.4. The SMILES string of the molecule is C=C1CC(CCCOC(=O)C(C)(C)C)O[C@H]1CCC1C[C@@](C)(OC(=O)COC)C(=C)C(CC2OC(C[C@@H](COC(=O)c3ccc([N+](=O)[O-])cc3)OC(=O)c3ccc([N+](=O)[O-])cc3)C(OC)[C@H]2CS(=O)(=O)c2ccccc2)O1. The van der Waals surface area contributed by atoms with E-state index in [9.17, 15) is 47.8 Å². The van der Waals surface area contributed by atoms with Crippen LogP contribution in [0, 0.1) is 31.6 Å². The van der Waals surface area contributed by atoms with Crippen LogP contribution < -0.4 is 0 Å². The summed E-state index contributed by atoms with van der Waals surface area (Å²) in [4.78, 5) is 73.8. The van der Waals surface area contributed by atoms with Gasteiger partial charge < -0.3 is 42.6 Å². The summed E-state index contributed by atoms with van der Waals surface area (Å²) in [5.74, 6) is -4.18. The lowest BCUT2D eigenvalue weighted by atomic mass is 9.80. The number of carbonyl (C=O) groups is 4. The third kappa shape index (κ3) is 16.1. The van der Waals surface area contributed by atoms with Gasteiger partial charge >= 0.3 is 23.9 Å². The van der Waals surface area contributed by atoms with Crippen molar-refractivity contribution in [2.75, 3.05) is 39.8 Å². The van der Waals surface area contributed by atoms with Gasteiger partial charge in [0.2, 0.25) is 0 Å². The van der Waals surface area contributed by atoms with E-state index in [2.05, 4.69) is 13.2 Å². The molecule has 6 rings (SSSR count). The van der Waals surface area contributed by atoms with Gasteiger partial charge in [-0.2, -0.15) is 0 Å². The topological polar surface area (TPSA) is 272 Å². The molecule has 0 radical (unpaired) electrons. The second-order valence-corrected chi connectivity index (χ2v) is 22.7. The number of hydrogen-bond acceptors (Lipinski definition) is 19. The highest BCUT2D eigenvalue weighted by molar-refractivity contribution is 7.91. The minimum absolute atomic E-state index is 0.0189. The number of benzene rings is 3. The van der Waals surface area contributed by atoms with Crippen LogP contribution in [0.3, 0.4) is 0 Å². The van der Waals surface area contributed by atoms with Crippen molar-refractivity contribution in [2.45, 2.75) is 138 Å². The van der Waals surface area contributed by atoms with Crippen molar-refractivity contribution in [3.8, 4) is 0 Å². The number of sulfone groups is 1. The van der Waals surface area contributed by atoms with E-state index in [0.717, 1.165) is 29.8 Å². The number of esters is 4. The van der Waals surface area contributed by atoms with Crippen LogP contribution in [0.1, 0.15) is 99.8 Å². The highest BCUT2D eigenvalue weighted by Gasteiger charge is 2.52. The van der Waals surface area contributed by atoms with E-state index >= 15 is 0 Å². The monoisotopic (exact) mass is 1090 g/mol. The Morgan fingerprint density at radius 1 is 0.792 bits per heavy atom. The third-order valence-electron chi connectivity index (χ3n) is 13.9. The van der Waals surface area contributed by atoms with Crippen molar-refractivity contribution in [3.05, 3.63) is 135 Å². The van der Waals surface area contributed by atoms with Gasteiger partial charge in [-0.3, -0.25) is 25.0 Å². The molecular weight excluding hydrogens is 1020 g/mol. The summed E-state index contributed by atoms with van der Waals surface area (Å²) in [7, 11) is -1.31. The van der Waals surface area contributed by atoms with Crippen LogP contribution in [0.2, 0.25) is 0 Å². The van der Waals surface area contributed by atoms with Gasteiger partial charge in [0.15, 0.2) is 9.84 Å². The van der Waals surface area contributed by atoms with Gasteiger partial charge in [0.25, 0.3) is 11.4 Å². The number of hydrogen-bond donors (Lipinski definition) is 0. The molecule has 10 atom stereocenters. The van der Waals surface area contributed by atoms with Crippen molar-refractivity contribution < 1.29 is 80.1 Å². The summed E-state index contributed by atoms with van der Waals surface area (Å²) in [6.45, 7) is 15.1. The van der Waals surface area contributed by atoms with Gasteiger partial charge in [0.05, 0.1) is 86.4 Å². The van der Waals surface area contributed by atoms with Gasteiger partial charge in [0, 0.05) is 63.7 Å². The quantitative estimate of drug-likeness (QED) is 0.0194. The molecule has 21 nitrogen and oxygen atoms in total. The van der Waals surface area contributed by atoms with Crippen LogP contribution in [-0.4, -0.2) is 136 Å². The number of carbonyl (C=O) groups excluding carboxylic acids is 4. The normalized spacial score (nSPS) is 24.9. The minimum Gasteiger partial charge on any atom is -0.465 e. The lowest BCUT2D eigenvalue weighted by Gasteiger charge is -2.45. The Hall–Kier alpha value is -6.43. The molecule has 0 amide bonds. The molecule has 3 saturated heterocycles. The Morgan fingerprint density at radius 3 is 1.99 bits per heavy atom. The van der Waals surface area contributed by atoms with Gasteiger partial charge in [-0.05, 0) is 107 Å². The summed E-state index contributed by atoms with van der Waals surface area (Å²) >= 11 is 0. The predicted octanol–water partition coefficient (Wildman–Crippen LogP) is 8.06. The molecule has 0 spiro atoms. The summed E-state index contributed by atoms with van der Waals surface area (Å²) < 4.78 is 82.8. The van der Waals surface area contributed by atoms with E-state index in [1.807, 2.05) is 0 Å². The average Bonchev–Trinajstić information content (AvgIpc) is 3.91. The van der Waals surface area contributed by atoms with Gasteiger partial charge in [-0.25, -0.2) is 22.8 Å². The highest BCUT2D eigenvalue weighted by Crippen LogP contribution is 2.44.